The van der Waals surface area contributed by atoms with Crippen molar-refractivity contribution in [3.05, 3.63) is 53.6 Å². The van der Waals surface area contributed by atoms with Crippen LogP contribution in [-0.2, 0) is 4.79 Å². The number of hydrogen-bond acceptors (Lipinski definition) is 4. The van der Waals surface area contributed by atoms with E-state index in [4.69, 9.17) is 0 Å². The summed E-state index contributed by atoms with van der Waals surface area (Å²) in [6.07, 6.45) is -3.73. The molecule has 2 N–H and O–H groups in total. The third-order valence-corrected chi connectivity index (χ3v) is 3.68. The molecule has 1 atom stereocenters. The summed E-state index contributed by atoms with van der Waals surface area (Å²) in [6.45, 7) is 1.44. The van der Waals surface area contributed by atoms with Crippen molar-refractivity contribution >= 4 is 11.6 Å². The van der Waals surface area contributed by atoms with Gasteiger partial charge in [-0.15, -0.1) is 8.78 Å². The van der Waals surface area contributed by atoms with Gasteiger partial charge in [0.25, 0.3) is 0 Å². The van der Waals surface area contributed by atoms with Crippen LogP contribution in [0.3, 0.4) is 0 Å². The molecule has 0 saturated heterocycles. The number of rotatable bonds is 5. The van der Waals surface area contributed by atoms with Crippen molar-refractivity contribution in [1.82, 2.24) is 5.32 Å². The molecule has 5 nitrogen and oxygen atoms in total. The van der Waals surface area contributed by atoms with Gasteiger partial charge in [-0.1, -0.05) is 6.07 Å². The Labute approximate surface area is 145 Å². The van der Waals surface area contributed by atoms with Gasteiger partial charge in [0.15, 0.2) is 11.5 Å². The van der Waals surface area contributed by atoms with E-state index in [0.29, 0.717) is 0 Å². The summed E-state index contributed by atoms with van der Waals surface area (Å²) < 4.78 is 61.1. The molecule has 1 aliphatic rings. The first-order valence-corrected chi connectivity index (χ1v) is 7.61. The van der Waals surface area contributed by atoms with Crippen LogP contribution in [0, 0.1) is 11.6 Å². The van der Waals surface area contributed by atoms with Crippen LogP contribution in [0.5, 0.6) is 11.5 Å². The molecule has 1 amide bonds. The van der Waals surface area contributed by atoms with E-state index in [-0.39, 0.29) is 29.3 Å². The van der Waals surface area contributed by atoms with Crippen molar-refractivity contribution in [2.75, 3.05) is 11.9 Å². The van der Waals surface area contributed by atoms with Gasteiger partial charge in [0.1, 0.15) is 11.6 Å². The zero-order valence-electron chi connectivity index (χ0n) is 13.5. The highest BCUT2D eigenvalue weighted by Crippen LogP contribution is 2.42. The first-order chi connectivity index (χ1) is 12.2. The first kappa shape index (κ1) is 18.0. The molecule has 3 rings (SSSR count). The second-order valence-electron chi connectivity index (χ2n) is 5.65. The monoisotopic (exact) mass is 370 g/mol. The van der Waals surface area contributed by atoms with E-state index in [0.717, 1.165) is 12.1 Å². The average molecular weight is 370 g/mol. The maximum Gasteiger partial charge on any atom is 0.586 e. The van der Waals surface area contributed by atoms with E-state index in [1.165, 1.54) is 24.3 Å². The standard InChI is InChI=1S/C17H14F4N2O3/c1-9(12-4-2-10(18)6-13(12)19)22-8-16(24)23-11-3-5-14-15(7-11)26-17(20,21)25-14/h2-7,9,22H,8H2,1H3,(H,23,24)/t9-/m1/s1. The average Bonchev–Trinajstić information content (AvgIpc) is 2.85. The summed E-state index contributed by atoms with van der Waals surface area (Å²) in [7, 11) is 0. The Kier molecular flexibility index (Phi) is 4.73. The normalized spacial score (nSPS) is 15.6. The fourth-order valence-corrected chi connectivity index (χ4v) is 2.44. The fourth-order valence-electron chi connectivity index (χ4n) is 2.44. The minimum atomic E-state index is -3.73. The number of nitrogens with one attached hydrogen (secondary N) is 2. The number of carbonyl (C=O) groups is 1. The van der Waals surface area contributed by atoms with Gasteiger partial charge in [-0.3, -0.25) is 4.79 Å². The van der Waals surface area contributed by atoms with E-state index in [2.05, 4.69) is 20.1 Å². The highest BCUT2D eigenvalue weighted by atomic mass is 19.3. The minimum Gasteiger partial charge on any atom is -0.395 e. The lowest BCUT2D eigenvalue weighted by Crippen LogP contribution is -2.30. The van der Waals surface area contributed by atoms with Crippen molar-refractivity contribution in [1.29, 1.82) is 0 Å². The summed E-state index contributed by atoms with van der Waals surface area (Å²) in [5.74, 6) is -2.22. The largest absolute Gasteiger partial charge is 0.586 e. The first-order valence-electron chi connectivity index (χ1n) is 7.61. The van der Waals surface area contributed by atoms with Gasteiger partial charge in [-0.05, 0) is 25.1 Å². The Morgan fingerprint density at radius 1 is 1.12 bits per heavy atom. The number of ether oxygens (including phenoxy) is 2. The molecule has 0 aliphatic carbocycles. The van der Waals surface area contributed by atoms with E-state index >= 15 is 0 Å². The number of anilines is 1. The number of halogens is 4. The molecule has 2 aromatic carbocycles. The van der Waals surface area contributed by atoms with Crippen molar-refractivity contribution in [2.45, 2.75) is 19.3 Å². The molecule has 2 aromatic rings. The molecular weight excluding hydrogens is 356 g/mol. The predicted octanol–water partition coefficient (Wildman–Crippen LogP) is 3.58. The molecule has 1 aliphatic heterocycles. The topological polar surface area (TPSA) is 59.6 Å². The Morgan fingerprint density at radius 2 is 1.85 bits per heavy atom. The number of amides is 1. The molecule has 0 bridgehead atoms. The highest BCUT2D eigenvalue weighted by molar-refractivity contribution is 5.92. The smallest absolute Gasteiger partial charge is 0.395 e. The van der Waals surface area contributed by atoms with Crippen LogP contribution in [0.4, 0.5) is 23.2 Å². The van der Waals surface area contributed by atoms with Gasteiger partial charge in [0, 0.05) is 29.4 Å². The van der Waals surface area contributed by atoms with Gasteiger partial charge in [-0.2, -0.15) is 0 Å². The second-order valence-corrected chi connectivity index (χ2v) is 5.65. The summed E-state index contributed by atoms with van der Waals surface area (Å²) >= 11 is 0. The van der Waals surface area contributed by atoms with Crippen LogP contribution in [0.2, 0.25) is 0 Å². The fraction of sp³-hybridized carbons (Fsp3) is 0.235. The zero-order chi connectivity index (χ0) is 18.9. The number of carbonyl (C=O) groups excluding carboxylic acids is 1. The number of alkyl halides is 2. The van der Waals surface area contributed by atoms with Crippen LogP contribution in [0.15, 0.2) is 36.4 Å². The maximum absolute atomic E-state index is 13.7. The SMILES string of the molecule is C[C@@H](NCC(=O)Nc1ccc2c(c1)OC(F)(F)O2)c1ccc(F)cc1F. The van der Waals surface area contributed by atoms with Crippen LogP contribution in [0.25, 0.3) is 0 Å². The molecule has 1 heterocycles. The zero-order valence-corrected chi connectivity index (χ0v) is 13.5. The molecule has 0 fully saturated rings. The van der Waals surface area contributed by atoms with Crippen molar-refractivity contribution < 1.29 is 31.8 Å². The van der Waals surface area contributed by atoms with Crippen LogP contribution in [-0.4, -0.2) is 18.7 Å². The van der Waals surface area contributed by atoms with Crippen LogP contribution < -0.4 is 20.1 Å². The maximum atomic E-state index is 13.7. The lowest BCUT2D eigenvalue weighted by Gasteiger charge is -2.15. The van der Waals surface area contributed by atoms with Gasteiger partial charge < -0.3 is 20.1 Å². The summed E-state index contributed by atoms with van der Waals surface area (Å²) in [5, 5.41) is 5.29. The second kappa shape index (κ2) is 6.83. The summed E-state index contributed by atoms with van der Waals surface area (Å²) in [6, 6.07) is 6.46. The Morgan fingerprint density at radius 3 is 2.58 bits per heavy atom. The van der Waals surface area contributed by atoms with Crippen molar-refractivity contribution in [3.8, 4) is 11.5 Å². The Bertz CT molecular complexity index is 845. The number of hydrogen-bond donors (Lipinski definition) is 2. The Balaban J connectivity index is 1.56. The summed E-state index contributed by atoms with van der Waals surface area (Å²) in [5.41, 5.74) is 0.446. The van der Waals surface area contributed by atoms with Gasteiger partial charge in [0.05, 0.1) is 6.54 Å². The number of benzene rings is 2. The van der Waals surface area contributed by atoms with E-state index in [9.17, 15) is 22.4 Å². The van der Waals surface area contributed by atoms with Gasteiger partial charge in [0.2, 0.25) is 5.91 Å². The predicted molar refractivity (Wildman–Crippen MR) is 84.1 cm³/mol. The van der Waals surface area contributed by atoms with Gasteiger partial charge in [-0.25, -0.2) is 8.78 Å². The lowest BCUT2D eigenvalue weighted by atomic mass is 10.1. The third kappa shape index (κ3) is 4.05. The van der Waals surface area contributed by atoms with Crippen molar-refractivity contribution in [3.63, 3.8) is 0 Å². The molecule has 0 aromatic heterocycles. The number of fused-ring (bicyclic) bond motifs is 1. The van der Waals surface area contributed by atoms with Crippen LogP contribution >= 0.6 is 0 Å². The van der Waals surface area contributed by atoms with Gasteiger partial charge >= 0.3 is 6.29 Å². The molecule has 138 valence electrons. The van der Waals surface area contributed by atoms with E-state index in [1.54, 1.807) is 6.92 Å². The third-order valence-electron chi connectivity index (χ3n) is 3.68. The van der Waals surface area contributed by atoms with E-state index < -0.39 is 29.9 Å². The molecule has 26 heavy (non-hydrogen) atoms. The quantitative estimate of drug-likeness (QED) is 0.790. The van der Waals surface area contributed by atoms with Crippen molar-refractivity contribution in [2.24, 2.45) is 0 Å². The molecule has 0 spiro atoms. The molecule has 0 radical (unpaired) electrons. The van der Waals surface area contributed by atoms with E-state index in [1.807, 2.05) is 0 Å². The Hall–Kier alpha value is -2.81. The molecule has 0 saturated carbocycles. The molecular formula is C17H14F4N2O3. The molecule has 9 heteroatoms. The highest BCUT2D eigenvalue weighted by Gasteiger charge is 2.43. The lowest BCUT2D eigenvalue weighted by molar-refractivity contribution is -0.286. The minimum absolute atomic E-state index is 0.133. The summed E-state index contributed by atoms with van der Waals surface area (Å²) in [4.78, 5) is 12.0. The van der Waals surface area contributed by atoms with Crippen LogP contribution in [0.1, 0.15) is 18.5 Å². The molecule has 0 unspecified atom stereocenters.